The molecule has 3 heterocycles. The molecule has 3 aromatic rings. The number of azide groups is 1. The van der Waals surface area contributed by atoms with Crippen molar-refractivity contribution in [3.05, 3.63) is 95.5 Å². The Morgan fingerprint density at radius 2 is 2.10 bits per heavy atom. The fraction of sp³-hybridized carbons (Fsp3) is 0.407. The first-order valence-corrected chi connectivity index (χ1v) is 13.6. The van der Waals surface area contributed by atoms with Crippen LogP contribution in [0.4, 0.5) is 5.69 Å². The van der Waals surface area contributed by atoms with Crippen molar-refractivity contribution >= 4 is 40.7 Å². The summed E-state index contributed by atoms with van der Waals surface area (Å²) in [7, 11) is 0. The zero-order valence-electron chi connectivity index (χ0n) is 23.7. The predicted molar refractivity (Wildman–Crippen MR) is 163 cm³/mol. The minimum atomic E-state index is -0.671. The Morgan fingerprint density at radius 1 is 1.36 bits per heavy atom. The van der Waals surface area contributed by atoms with Gasteiger partial charge in [-0.25, -0.2) is 4.79 Å². The molecule has 0 radical (unpaired) electrons. The zero-order valence-corrected chi connectivity index (χ0v) is 25.3. The van der Waals surface area contributed by atoms with Gasteiger partial charge in [-0.1, -0.05) is 34.1 Å². The third kappa shape index (κ3) is 8.78. The number of anilines is 1. The molecule has 3 N–H and O–H groups in total. The van der Waals surface area contributed by atoms with Crippen LogP contribution in [-0.4, -0.2) is 50.2 Å². The van der Waals surface area contributed by atoms with Crippen LogP contribution < -0.4 is 16.6 Å². The van der Waals surface area contributed by atoms with E-state index in [-0.39, 0.29) is 18.6 Å². The molecule has 0 amide bonds. The maximum absolute atomic E-state index is 11.7. The number of oxime groups is 1. The second kappa shape index (κ2) is 14.3. The van der Waals surface area contributed by atoms with E-state index in [9.17, 15) is 9.59 Å². The number of aliphatic hydroxyl groups is 1. The van der Waals surface area contributed by atoms with Crippen molar-refractivity contribution in [2.24, 2.45) is 10.3 Å². The van der Waals surface area contributed by atoms with Crippen molar-refractivity contribution in [2.75, 3.05) is 11.9 Å². The Hall–Kier alpha value is -3.94. The minimum Gasteiger partial charge on any atom is -0.469 e. The smallest absolute Gasteiger partial charge is 0.330 e. The summed E-state index contributed by atoms with van der Waals surface area (Å²) in [6.07, 6.45) is 3.53. The van der Waals surface area contributed by atoms with E-state index in [4.69, 9.17) is 48.4 Å². The van der Waals surface area contributed by atoms with Gasteiger partial charge in [0.05, 0.1) is 36.8 Å². The van der Waals surface area contributed by atoms with E-state index < -0.39 is 29.6 Å². The largest absolute Gasteiger partial charge is 0.469 e. The number of hydrogen-bond acceptors (Lipinski definition) is 9. The second-order valence-corrected chi connectivity index (χ2v) is 11.1. The highest BCUT2D eigenvalue weighted by atomic mass is 35.5. The lowest BCUT2D eigenvalue weighted by atomic mass is 10.1. The molecule has 15 heteroatoms. The number of rotatable bonds is 7. The molecule has 1 aromatic carbocycles. The molecule has 1 aliphatic heterocycles. The lowest BCUT2D eigenvalue weighted by molar-refractivity contribution is -0.0271. The maximum Gasteiger partial charge on any atom is 0.330 e. The Morgan fingerprint density at radius 3 is 2.71 bits per heavy atom. The van der Waals surface area contributed by atoms with E-state index in [1.807, 2.05) is 45.9 Å². The van der Waals surface area contributed by atoms with Gasteiger partial charge in [0.1, 0.15) is 22.6 Å². The molecule has 0 aliphatic carbocycles. The van der Waals surface area contributed by atoms with Crippen LogP contribution in [0.15, 0.2) is 61.0 Å². The summed E-state index contributed by atoms with van der Waals surface area (Å²) in [6, 6.07) is 6.79. The Labute approximate surface area is 251 Å². The highest BCUT2D eigenvalue weighted by molar-refractivity contribution is 7.81. The van der Waals surface area contributed by atoms with Crippen molar-refractivity contribution in [3.8, 4) is 0 Å². The average Bonchev–Trinajstić information content (AvgIpc) is 3.53. The molecule has 1 saturated heterocycles. The summed E-state index contributed by atoms with van der Waals surface area (Å²) in [6.45, 7) is 8.91. The summed E-state index contributed by atoms with van der Waals surface area (Å²) in [5.74, 6) is 0.775. The first-order valence-electron chi connectivity index (χ1n) is 12.8. The normalized spacial score (nSPS) is 18.2. The number of nitrogens with one attached hydrogen (secondary N) is 2. The number of H-pyrrole nitrogens is 1. The fourth-order valence-corrected chi connectivity index (χ4v) is 4.31. The SMILES string of the molecule is Cc1cn([C@H]2C[C@H](N=[N+]=[N-])[C@@H](CO)O2)c(=O)[nH]c1=O.Cc1occc1C(=S)Nc1ccc(Cl)c(/C=N/OC(C)(C)C)c1. The van der Waals surface area contributed by atoms with Gasteiger partial charge in [-0.3, -0.25) is 14.3 Å². The predicted octanol–water partition coefficient (Wildman–Crippen LogP) is 4.98. The van der Waals surface area contributed by atoms with Gasteiger partial charge < -0.3 is 24.4 Å². The van der Waals surface area contributed by atoms with Crippen molar-refractivity contribution in [1.29, 1.82) is 0 Å². The highest BCUT2D eigenvalue weighted by Gasteiger charge is 2.35. The highest BCUT2D eigenvalue weighted by Crippen LogP contribution is 2.29. The summed E-state index contributed by atoms with van der Waals surface area (Å²) in [5, 5.41) is 20.4. The van der Waals surface area contributed by atoms with Gasteiger partial charge in [-0.15, -0.1) is 0 Å². The van der Waals surface area contributed by atoms with Crippen LogP contribution in [0.3, 0.4) is 0 Å². The van der Waals surface area contributed by atoms with Crippen molar-refractivity contribution in [1.82, 2.24) is 9.55 Å². The molecule has 1 aliphatic rings. The Balaban J connectivity index is 0.000000235. The fourth-order valence-electron chi connectivity index (χ4n) is 3.82. The lowest BCUT2D eigenvalue weighted by Gasteiger charge is -2.15. The number of nitrogens with zero attached hydrogens (tertiary/aromatic N) is 5. The molecule has 224 valence electrons. The number of furan rings is 1. The van der Waals surface area contributed by atoms with Gasteiger partial charge in [0.25, 0.3) is 5.56 Å². The third-order valence-electron chi connectivity index (χ3n) is 5.92. The molecule has 0 bridgehead atoms. The number of hydrogen-bond donors (Lipinski definition) is 3. The number of aromatic amines is 1. The van der Waals surface area contributed by atoms with Gasteiger partial charge in [0, 0.05) is 39.4 Å². The quantitative estimate of drug-likeness (QED) is 0.0828. The van der Waals surface area contributed by atoms with Gasteiger partial charge in [-0.05, 0) is 64.4 Å². The molecule has 2 aromatic heterocycles. The van der Waals surface area contributed by atoms with Crippen molar-refractivity contribution in [2.45, 2.75) is 65.0 Å². The Bertz CT molecular complexity index is 1600. The molecule has 0 unspecified atom stereocenters. The average molecular weight is 618 g/mol. The van der Waals surface area contributed by atoms with Crippen LogP contribution in [0.25, 0.3) is 10.4 Å². The standard InChI is InChI=1S/C17H19ClN2O2S.C10H13N5O4/c1-11-14(7-8-21-11)16(23)20-13-5-6-15(18)12(9-13)10-19-22-17(2,3)4;1-5-3-15(10(18)12-9(5)17)8-2-6(13-14-11)7(4-16)19-8/h5-10H,1-4H3,(H,20,23);3,6-8,16H,2,4H2,1H3,(H,12,17,18)/b19-10+;/t;6-,7+,8+/m.0/s1. The second-order valence-electron chi connectivity index (χ2n) is 10.3. The zero-order chi connectivity index (χ0) is 31.0. The molecular weight excluding hydrogens is 586 g/mol. The number of benzene rings is 1. The number of ether oxygens (including phenoxy) is 1. The molecule has 13 nitrogen and oxygen atoms in total. The van der Waals surface area contributed by atoms with E-state index in [1.165, 1.54) is 10.8 Å². The summed E-state index contributed by atoms with van der Waals surface area (Å²) in [5.41, 5.74) is 9.83. The van der Waals surface area contributed by atoms with Crippen LogP contribution in [-0.2, 0) is 9.57 Å². The van der Waals surface area contributed by atoms with Crippen LogP contribution in [0, 0.1) is 13.8 Å². The first-order chi connectivity index (χ1) is 19.8. The van der Waals surface area contributed by atoms with E-state index in [2.05, 4.69) is 25.5 Å². The number of aliphatic hydroxyl groups excluding tert-OH is 1. The van der Waals surface area contributed by atoms with Crippen molar-refractivity contribution in [3.63, 3.8) is 0 Å². The first kappa shape index (κ1) is 32.6. The lowest BCUT2D eigenvalue weighted by Crippen LogP contribution is -2.33. The van der Waals surface area contributed by atoms with E-state index in [0.29, 0.717) is 15.6 Å². The summed E-state index contributed by atoms with van der Waals surface area (Å²) < 4.78 is 12.0. The number of aromatic nitrogens is 2. The molecule has 4 rings (SSSR count). The van der Waals surface area contributed by atoms with Crippen LogP contribution in [0.1, 0.15) is 55.9 Å². The van der Waals surface area contributed by atoms with Gasteiger partial charge in [0.2, 0.25) is 0 Å². The molecule has 0 spiro atoms. The molecule has 42 heavy (non-hydrogen) atoms. The molecule has 3 atom stereocenters. The van der Waals surface area contributed by atoms with Gasteiger partial charge in [0.15, 0.2) is 0 Å². The molecule has 0 saturated carbocycles. The summed E-state index contributed by atoms with van der Waals surface area (Å²) in [4.78, 5) is 33.8. The van der Waals surface area contributed by atoms with Gasteiger partial charge >= 0.3 is 5.69 Å². The van der Waals surface area contributed by atoms with E-state index in [0.717, 1.165) is 22.6 Å². The van der Waals surface area contributed by atoms with Crippen LogP contribution in [0.5, 0.6) is 0 Å². The number of thiocarbonyl (C=S) groups is 1. The monoisotopic (exact) mass is 617 g/mol. The van der Waals surface area contributed by atoms with E-state index in [1.54, 1.807) is 25.5 Å². The van der Waals surface area contributed by atoms with Crippen LogP contribution >= 0.6 is 23.8 Å². The summed E-state index contributed by atoms with van der Waals surface area (Å²) >= 11 is 11.6. The van der Waals surface area contributed by atoms with Crippen LogP contribution in [0.2, 0.25) is 5.02 Å². The topological polar surface area (TPSA) is 180 Å². The van der Waals surface area contributed by atoms with E-state index >= 15 is 0 Å². The number of halogens is 1. The molecule has 1 fully saturated rings. The molecular formula is C27H32ClN7O6S. The third-order valence-corrected chi connectivity index (χ3v) is 6.58. The maximum atomic E-state index is 11.7. The Kier molecular flexibility index (Phi) is 11.1. The van der Waals surface area contributed by atoms with Crippen molar-refractivity contribution < 1.29 is 19.1 Å². The van der Waals surface area contributed by atoms with Gasteiger partial charge in [-0.2, -0.15) is 0 Å². The minimum absolute atomic E-state index is 0.265. The number of aryl methyl sites for hydroxylation is 2.